The molecule has 2 heterocycles. The molecule has 24 heavy (non-hydrogen) atoms. The van der Waals surface area contributed by atoms with E-state index in [1.165, 1.54) is 12.8 Å². The summed E-state index contributed by atoms with van der Waals surface area (Å²) in [6, 6.07) is 7.70. The minimum absolute atomic E-state index is 0. The Morgan fingerprint density at radius 1 is 1.29 bits per heavy atom. The first-order valence-electron chi connectivity index (χ1n) is 7.81. The van der Waals surface area contributed by atoms with Crippen molar-refractivity contribution in [2.75, 3.05) is 27.2 Å². The number of guanidine groups is 1. The predicted molar refractivity (Wildman–Crippen MR) is 105 cm³/mol. The number of halogens is 1. The van der Waals surface area contributed by atoms with Gasteiger partial charge in [-0.3, -0.25) is 10.1 Å². The molecule has 0 radical (unpaired) electrons. The molecule has 1 aliphatic rings. The van der Waals surface area contributed by atoms with E-state index in [2.05, 4.69) is 30.4 Å². The van der Waals surface area contributed by atoms with E-state index in [1.807, 2.05) is 31.3 Å². The maximum atomic E-state index is 5.16. The SMILES string of the molecule is CN=C(NCc1nc(-c2ccc(OC)cc2)n[nH]1)N1CCCC1.I. The van der Waals surface area contributed by atoms with E-state index in [1.54, 1.807) is 7.11 Å². The van der Waals surface area contributed by atoms with Gasteiger partial charge in [-0.2, -0.15) is 5.10 Å². The van der Waals surface area contributed by atoms with Gasteiger partial charge in [0.2, 0.25) is 0 Å². The van der Waals surface area contributed by atoms with E-state index in [-0.39, 0.29) is 24.0 Å². The lowest BCUT2D eigenvalue weighted by Crippen LogP contribution is -2.39. The van der Waals surface area contributed by atoms with Crippen LogP contribution in [0.3, 0.4) is 0 Å². The maximum Gasteiger partial charge on any atom is 0.194 e. The van der Waals surface area contributed by atoms with Gasteiger partial charge in [-0.25, -0.2) is 4.98 Å². The molecule has 130 valence electrons. The Morgan fingerprint density at radius 2 is 2.00 bits per heavy atom. The molecule has 1 aromatic carbocycles. The summed E-state index contributed by atoms with van der Waals surface area (Å²) in [6.45, 7) is 2.70. The number of nitrogens with zero attached hydrogens (tertiary/aromatic N) is 4. The molecule has 0 saturated carbocycles. The summed E-state index contributed by atoms with van der Waals surface area (Å²) in [5, 5.41) is 10.6. The molecule has 0 aliphatic carbocycles. The van der Waals surface area contributed by atoms with Gasteiger partial charge in [-0.15, -0.1) is 24.0 Å². The lowest BCUT2D eigenvalue weighted by molar-refractivity contribution is 0.415. The minimum Gasteiger partial charge on any atom is -0.497 e. The number of ether oxygens (including phenoxy) is 1. The van der Waals surface area contributed by atoms with Crippen LogP contribution in [0.25, 0.3) is 11.4 Å². The molecule has 0 unspecified atom stereocenters. The molecule has 3 rings (SSSR count). The van der Waals surface area contributed by atoms with Crippen molar-refractivity contribution in [3.63, 3.8) is 0 Å². The molecule has 1 fully saturated rings. The van der Waals surface area contributed by atoms with Crippen molar-refractivity contribution < 1.29 is 4.74 Å². The second kappa shape index (κ2) is 8.86. The number of hydrogen-bond donors (Lipinski definition) is 2. The standard InChI is InChI=1S/C16H22N6O.HI/c1-17-16(22-9-3-4-10-22)18-11-14-19-15(21-20-14)12-5-7-13(23-2)8-6-12;/h5-8H,3-4,9-11H2,1-2H3,(H,17,18)(H,19,20,21);1H. The average molecular weight is 442 g/mol. The Balaban J connectivity index is 0.00000208. The van der Waals surface area contributed by atoms with Crippen LogP contribution in [0.4, 0.5) is 0 Å². The number of aromatic nitrogens is 3. The largest absolute Gasteiger partial charge is 0.497 e. The molecule has 1 aromatic heterocycles. The van der Waals surface area contributed by atoms with E-state index in [9.17, 15) is 0 Å². The number of benzene rings is 1. The van der Waals surface area contributed by atoms with E-state index >= 15 is 0 Å². The van der Waals surface area contributed by atoms with Crippen LogP contribution in [-0.2, 0) is 6.54 Å². The quantitative estimate of drug-likeness (QED) is 0.432. The van der Waals surface area contributed by atoms with Crippen molar-refractivity contribution in [3.8, 4) is 17.1 Å². The van der Waals surface area contributed by atoms with Gasteiger partial charge in [-0.1, -0.05) is 0 Å². The van der Waals surface area contributed by atoms with E-state index in [0.29, 0.717) is 12.4 Å². The van der Waals surface area contributed by atoms with Crippen LogP contribution in [-0.4, -0.2) is 53.3 Å². The van der Waals surface area contributed by atoms with Gasteiger partial charge in [0.05, 0.1) is 13.7 Å². The summed E-state index contributed by atoms with van der Waals surface area (Å²) in [7, 11) is 3.46. The minimum atomic E-state index is 0. The van der Waals surface area contributed by atoms with E-state index in [4.69, 9.17) is 4.74 Å². The Kier molecular flexibility index (Phi) is 6.83. The first-order chi connectivity index (χ1) is 11.3. The highest BCUT2D eigenvalue weighted by Crippen LogP contribution is 2.18. The normalized spacial score (nSPS) is 14.4. The third-order valence-corrected chi connectivity index (χ3v) is 3.91. The third kappa shape index (κ3) is 4.37. The first kappa shape index (κ1) is 18.5. The van der Waals surface area contributed by atoms with Gasteiger partial charge in [0, 0.05) is 25.7 Å². The van der Waals surface area contributed by atoms with Gasteiger partial charge < -0.3 is 15.0 Å². The van der Waals surface area contributed by atoms with Gasteiger partial charge in [0.25, 0.3) is 0 Å². The summed E-state index contributed by atoms with van der Waals surface area (Å²) in [5.41, 5.74) is 0.956. The molecule has 0 amide bonds. The number of methoxy groups -OCH3 is 1. The fourth-order valence-corrected chi connectivity index (χ4v) is 2.67. The summed E-state index contributed by atoms with van der Waals surface area (Å²) in [6.07, 6.45) is 2.45. The van der Waals surface area contributed by atoms with Crippen molar-refractivity contribution in [2.45, 2.75) is 19.4 Å². The topological polar surface area (TPSA) is 78.4 Å². The van der Waals surface area contributed by atoms with Crippen LogP contribution >= 0.6 is 24.0 Å². The molecule has 8 heteroatoms. The molecule has 0 atom stereocenters. The molecule has 0 spiro atoms. The summed E-state index contributed by atoms with van der Waals surface area (Å²) in [5.74, 6) is 3.21. The maximum absolute atomic E-state index is 5.16. The van der Waals surface area contributed by atoms with Crippen molar-refractivity contribution in [1.82, 2.24) is 25.4 Å². The Bertz CT molecular complexity index is 663. The Hall–Kier alpha value is -1.84. The van der Waals surface area contributed by atoms with Crippen molar-refractivity contribution >= 4 is 29.9 Å². The van der Waals surface area contributed by atoms with Crippen molar-refractivity contribution in [3.05, 3.63) is 30.1 Å². The van der Waals surface area contributed by atoms with E-state index in [0.717, 1.165) is 36.2 Å². The molecule has 7 nitrogen and oxygen atoms in total. The number of aliphatic imine (C=N–C) groups is 1. The van der Waals surface area contributed by atoms with Gasteiger partial charge in [0.15, 0.2) is 11.8 Å². The van der Waals surface area contributed by atoms with Gasteiger partial charge in [-0.05, 0) is 37.1 Å². The highest BCUT2D eigenvalue weighted by Gasteiger charge is 2.16. The van der Waals surface area contributed by atoms with E-state index < -0.39 is 0 Å². The average Bonchev–Trinajstić information content (AvgIpc) is 3.27. The van der Waals surface area contributed by atoms with Crippen LogP contribution in [0.5, 0.6) is 5.75 Å². The number of nitrogens with one attached hydrogen (secondary N) is 2. The van der Waals surface area contributed by atoms with Crippen molar-refractivity contribution in [2.24, 2.45) is 4.99 Å². The summed E-state index contributed by atoms with van der Waals surface area (Å²) >= 11 is 0. The zero-order valence-electron chi connectivity index (χ0n) is 14.0. The highest BCUT2D eigenvalue weighted by molar-refractivity contribution is 14.0. The number of aromatic amines is 1. The Labute approximate surface area is 158 Å². The molecule has 0 bridgehead atoms. The lowest BCUT2D eigenvalue weighted by atomic mass is 10.2. The fraction of sp³-hybridized carbons (Fsp3) is 0.438. The molecule has 2 aromatic rings. The van der Waals surface area contributed by atoms with Crippen LogP contribution in [0, 0.1) is 0 Å². The second-order valence-electron chi connectivity index (χ2n) is 5.43. The van der Waals surface area contributed by atoms with Gasteiger partial charge >= 0.3 is 0 Å². The molecule has 1 aliphatic heterocycles. The number of H-pyrrole nitrogens is 1. The molecule has 2 N–H and O–H groups in total. The van der Waals surface area contributed by atoms with Crippen LogP contribution in [0.2, 0.25) is 0 Å². The smallest absolute Gasteiger partial charge is 0.194 e. The third-order valence-electron chi connectivity index (χ3n) is 3.91. The number of likely N-dealkylation sites (tertiary alicyclic amines) is 1. The Morgan fingerprint density at radius 3 is 2.62 bits per heavy atom. The zero-order valence-corrected chi connectivity index (χ0v) is 16.3. The lowest BCUT2D eigenvalue weighted by Gasteiger charge is -2.20. The summed E-state index contributed by atoms with van der Waals surface area (Å²) < 4.78 is 5.16. The second-order valence-corrected chi connectivity index (χ2v) is 5.43. The molecule has 1 saturated heterocycles. The van der Waals surface area contributed by atoms with Crippen molar-refractivity contribution in [1.29, 1.82) is 0 Å². The predicted octanol–water partition coefficient (Wildman–Crippen LogP) is 2.27. The first-order valence-corrected chi connectivity index (χ1v) is 7.81. The van der Waals surface area contributed by atoms with Crippen LogP contribution in [0.1, 0.15) is 18.7 Å². The van der Waals surface area contributed by atoms with Crippen LogP contribution < -0.4 is 10.1 Å². The fourth-order valence-electron chi connectivity index (χ4n) is 2.67. The summed E-state index contributed by atoms with van der Waals surface area (Å²) in [4.78, 5) is 11.1. The van der Waals surface area contributed by atoms with Gasteiger partial charge in [0.1, 0.15) is 11.6 Å². The monoisotopic (exact) mass is 442 g/mol. The zero-order chi connectivity index (χ0) is 16.1. The number of rotatable bonds is 4. The highest BCUT2D eigenvalue weighted by atomic mass is 127. The molecular formula is C16H23IN6O. The molecular weight excluding hydrogens is 419 g/mol. The van der Waals surface area contributed by atoms with Crippen LogP contribution in [0.15, 0.2) is 29.3 Å². The number of hydrogen-bond acceptors (Lipinski definition) is 4.